The molecule has 0 aliphatic carbocycles. The first-order valence-electron chi connectivity index (χ1n) is 6.85. The topological polar surface area (TPSA) is 77.2 Å². The van der Waals surface area contributed by atoms with Crippen LogP contribution in [0.4, 0.5) is 0 Å². The van der Waals surface area contributed by atoms with E-state index >= 15 is 0 Å². The van der Waals surface area contributed by atoms with Gasteiger partial charge in [-0.2, -0.15) is 5.26 Å². The molecule has 0 aliphatic rings. The fourth-order valence-electron chi connectivity index (χ4n) is 2.04. The van der Waals surface area contributed by atoms with Gasteiger partial charge in [0, 0.05) is 6.08 Å². The molecule has 2 rings (SSSR count). The van der Waals surface area contributed by atoms with Crippen LogP contribution in [-0.2, 0) is 4.79 Å². The Morgan fingerprint density at radius 2 is 2.04 bits per heavy atom. The maximum Gasteiger partial charge on any atom is 0.260 e. The number of hydrogen-bond acceptors (Lipinski definition) is 4. The summed E-state index contributed by atoms with van der Waals surface area (Å²) in [5.74, 6) is -0.517. The van der Waals surface area contributed by atoms with E-state index in [1.807, 2.05) is 12.3 Å². The lowest BCUT2D eigenvalue weighted by Crippen LogP contribution is -2.31. The lowest BCUT2D eigenvalue weighted by atomic mass is 10.1. The Labute approximate surface area is 142 Å². The summed E-state index contributed by atoms with van der Waals surface area (Å²) < 4.78 is 0.654. The Balaban J connectivity index is 2.19. The number of halogens is 1. The van der Waals surface area contributed by atoms with Crippen LogP contribution in [-0.4, -0.2) is 27.5 Å². The third-order valence-electron chi connectivity index (χ3n) is 3.15. The van der Waals surface area contributed by atoms with Crippen molar-refractivity contribution in [2.24, 2.45) is 0 Å². The van der Waals surface area contributed by atoms with Crippen LogP contribution >= 0.6 is 15.9 Å². The molecule has 0 spiro atoms. The first kappa shape index (κ1) is 16.9. The Kier molecular flexibility index (Phi) is 6.03. The van der Waals surface area contributed by atoms with Crippen LogP contribution in [0.1, 0.15) is 17.3 Å². The monoisotopic (exact) mass is 371 g/mol. The van der Waals surface area contributed by atoms with Gasteiger partial charge < -0.3 is 5.11 Å². The highest BCUT2D eigenvalue weighted by atomic mass is 79.9. The fraction of sp³-hybridized carbons (Fsp3) is 0.118. The van der Waals surface area contributed by atoms with E-state index in [1.165, 1.54) is 12.2 Å². The number of benzene rings is 1. The van der Waals surface area contributed by atoms with Crippen molar-refractivity contribution in [3.63, 3.8) is 0 Å². The van der Waals surface area contributed by atoms with Crippen LogP contribution in [0.15, 0.2) is 59.2 Å². The van der Waals surface area contributed by atoms with E-state index < -0.39 is 11.9 Å². The Hall–Kier alpha value is -2.49. The zero-order valence-corrected chi connectivity index (χ0v) is 13.7. The van der Waals surface area contributed by atoms with E-state index in [9.17, 15) is 15.2 Å². The van der Waals surface area contributed by atoms with Crippen LogP contribution in [0, 0.1) is 11.5 Å². The highest BCUT2D eigenvalue weighted by molar-refractivity contribution is 9.10. The number of rotatable bonds is 5. The van der Waals surface area contributed by atoms with Crippen molar-refractivity contribution in [1.82, 2.24) is 9.88 Å². The van der Waals surface area contributed by atoms with Gasteiger partial charge in [-0.05, 0) is 39.7 Å². The second kappa shape index (κ2) is 8.22. The van der Waals surface area contributed by atoms with E-state index in [0.29, 0.717) is 15.9 Å². The van der Waals surface area contributed by atoms with Crippen molar-refractivity contribution in [1.29, 1.82) is 5.26 Å². The van der Waals surface area contributed by atoms with Gasteiger partial charge in [0.25, 0.3) is 5.91 Å². The number of aliphatic hydroxyl groups excluding tert-OH is 1. The van der Waals surface area contributed by atoms with Crippen molar-refractivity contribution in [2.75, 3.05) is 6.61 Å². The normalized spacial score (nSPS) is 11.9. The predicted octanol–water partition coefficient (Wildman–Crippen LogP) is 2.90. The first-order chi connectivity index (χ1) is 11.2. The molecule has 0 bridgehead atoms. The highest BCUT2D eigenvalue weighted by Gasteiger charge is 2.23. The number of nitriles is 1. The molecule has 1 N–H and O–H groups in total. The van der Waals surface area contributed by atoms with Crippen LogP contribution in [0.25, 0.3) is 6.08 Å². The number of carbonyl (C=O) groups excluding carboxylic acids is 1. The molecule has 1 heterocycles. The summed E-state index contributed by atoms with van der Waals surface area (Å²) in [4.78, 5) is 17.4. The number of amides is 1. The molecule has 6 heteroatoms. The van der Waals surface area contributed by atoms with E-state index in [0.717, 1.165) is 4.90 Å². The molecule has 116 valence electrons. The van der Waals surface area contributed by atoms with Gasteiger partial charge in [0.05, 0.1) is 18.3 Å². The molecule has 5 nitrogen and oxygen atoms in total. The van der Waals surface area contributed by atoms with Crippen molar-refractivity contribution in [3.05, 3.63) is 70.5 Å². The van der Waals surface area contributed by atoms with E-state index in [1.54, 1.807) is 42.5 Å². The van der Waals surface area contributed by atoms with Crippen molar-refractivity contribution < 1.29 is 9.90 Å². The molecule has 0 unspecified atom stereocenters. The molecule has 23 heavy (non-hydrogen) atoms. The van der Waals surface area contributed by atoms with Gasteiger partial charge in [-0.3, -0.25) is 4.79 Å². The Morgan fingerprint density at radius 3 is 2.65 bits per heavy atom. The molecule has 2 aromatic rings. The Morgan fingerprint density at radius 1 is 1.30 bits per heavy atom. The maximum absolute atomic E-state index is 12.3. The number of pyridine rings is 1. The van der Waals surface area contributed by atoms with E-state index in [4.69, 9.17) is 0 Å². The highest BCUT2D eigenvalue weighted by Crippen LogP contribution is 2.20. The molecule has 1 amide bonds. The molecule has 0 saturated heterocycles. The van der Waals surface area contributed by atoms with Crippen LogP contribution in [0.3, 0.4) is 0 Å². The smallest absolute Gasteiger partial charge is 0.260 e. The second-order valence-electron chi connectivity index (χ2n) is 4.64. The zero-order valence-electron chi connectivity index (χ0n) is 12.1. The quantitative estimate of drug-likeness (QED) is 0.379. The van der Waals surface area contributed by atoms with Crippen LogP contribution in [0.5, 0.6) is 0 Å². The van der Waals surface area contributed by atoms with E-state index in [-0.39, 0.29) is 6.61 Å². The summed E-state index contributed by atoms with van der Waals surface area (Å²) >= 11 is 3.25. The number of aliphatic hydroxyl groups is 1. The van der Waals surface area contributed by atoms with Crippen LogP contribution < -0.4 is 0 Å². The van der Waals surface area contributed by atoms with Gasteiger partial charge in [0.1, 0.15) is 4.60 Å². The van der Waals surface area contributed by atoms with Gasteiger partial charge >= 0.3 is 0 Å². The molecular formula is C17H14BrN3O2. The van der Waals surface area contributed by atoms with Gasteiger partial charge in [-0.25, -0.2) is 9.88 Å². The lowest BCUT2D eigenvalue weighted by molar-refractivity contribution is -0.125. The van der Waals surface area contributed by atoms with Gasteiger partial charge in [0.15, 0.2) is 6.19 Å². The number of nitrogens with zero attached hydrogens (tertiary/aromatic N) is 3. The molecule has 1 atom stereocenters. The summed E-state index contributed by atoms with van der Waals surface area (Å²) in [7, 11) is 0. The summed E-state index contributed by atoms with van der Waals surface area (Å²) in [6.45, 7) is -0.341. The predicted molar refractivity (Wildman–Crippen MR) is 89.7 cm³/mol. The Bertz CT molecular complexity index is 741. The largest absolute Gasteiger partial charge is 0.394 e. The first-order valence-corrected chi connectivity index (χ1v) is 7.64. The molecule has 0 fully saturated rings. The molecular weight excluding hydrogens is 358 g/mol. The van der Waals surface area contributed by atoms with Crippen LogP contribution in [0.2, 0.25) is 0 Å². The molecule has 1 aromatic heterocycles. The third-order valence-corrected chi connectivity index (χ3v) is 3.59. The minimum absolute atomic E-state index is 0.341. The lowest BCUT2D eigenvalue weighted by Gasteiger charge is -2.22. The summed E-state index contributed by atoms with van der Waals surface area (Å²) in [5, 5.41) is 18.9. The molecule has 0 saturated carbocycles. The average molecular weight is 372 g/mol. The van der Waals surface area contributed by atoms with Crippen molar-refractivity contribution >= 4 is 27.9 Å². The van der Waals surface area contributed by atoms with Gasteiger partial charge in [0.2, 0.25) is 0 Å². The second-order valence-corrected chi connectivity index (χ2v) is 5.45. The van der Waals surface area contributed by atoms with Gasteiger partial charge in [-0.1, -0.05) is 36.4 Å². The number of hydrogen-bond donors (Lipinski definition) is 1. The minimum Gasteiger partial charge on any atom is -0.394 e. The molecule has 0 aliphatic heterocycles. The summed E-state index contributed by atoms with van der Waals surface area (Å²) in [5.41, 5.74) is 1.28. The number of carbonyl (C=O) groups is 1. The minimum atomic E-state index is -0.714. The standard InChI is InChI=1S/C17H14BrN3O2/c18-16-8-4-7-14(20-16)9-10-17(23)21(12-19)15(11-22)13-5-2-1-3-6-13/h1-10,15,22H,11H2/b10-9+/t15-/m0/s1. The average Bonchev–Trinajstić information content (AvgIpc) is 2.58. The number of aromatic nitrogens is 1. The maximum atomic E-state index is 12.3. The van der Waals surface area contributed by atoms with E-state index in [2.05, 4.69) is 20.9 Å². The van der Waals surface area contributed by atoms with Gasteiger partial charge in [-0.15, -0.1) is 0 Å². The molecule has 1 aromatic carbocycles. The van der Waals surface area contributed by atoms with Crippen molar-refractivity contribution in [3.8, 4) is 6.19 Å². The SMILES string of the molecule is N#CN(C(=O)/C=C/c1cccc(Br)n1)[C@@H](CO)c1ccccc1. The van der Waals surface area contributed by atoms with Crippen molar-refractivity contribution in [2.45, 2.75) is 6.04 Å². The fourth-order valence-corrected chi connectivity index (χ4v) is 2.40. The molecule has 0 radical (unpaired) electrons. The summed E-state index contributed by atoms with van der Waals surface area (Å²) in [6, 6.07) is 13.5. The zero-order chi connectivity index (χ0) is 16.7. The summed E-state index contributed by atoms with van der Waals surface area (Å²) in [6.07, 6.45) is 4.63. The third kappa shape index (κ3) is 4.49.